The van der Waals surface area contributed by atoms with E-state index in [1.54, 1.807) is 6.08 Å². The summed E-state index contributed by atoms with van der Waals surface area (Å²) in [4.78, 5) is 10.3. The van der Waals surface area contributed by atoms with E-state index in [1.807, 2.05) is 0 Å². The maximum Gasteiger partial charge on any atom is 0.303 e. The van der Waals surface area contributed by atoms with Crippen LogP contribution >= 0.6 is 0 Å². The van der Waals surface area contributed by atoms with E-state index in [-0.39, 0.29) is 6.42 Å². The lowest BCUT2D eigenvalue weighted by Gasteiger charge is -1.98. The van der Waals surface area contributed by atoms with Crippen molar-refractivity contribution < 1.29 is 9.90 Å². The number of hydrogen-bond donors (Lipinski definition) is 1. The van der Waals surface area contributed by atoms with Gasteiger partial charge in [-0.3, -0.25) is 4.79 Å². The second-order valence-electron chi connectivity index (χ2n) is 2.46. The van der Waals surface area contributed by atoms with Gasteiger partial charge in [-0.2, -0.15) is 0 Å². The fraction of sp³-hybridized carbons (Fsp3) is 0.429. The summed E-state index contributed by atoms with van der Waals surface area (Å²) in [7, 11) is 0. The highest BCUT2D eigenvalue weighted by Gasteiger charge is 2.06. The van der Waals surface area contributed by atoms with Gasteiger partial charge in [-0.1, -0.05) is 6.08 Å². The van der Waals surface area contributed by atoms with E-state index < -0.39 is 5.97 Å². The molecule has 0 spiro atoms. The number of hydrogen-bond acceptors (Lipinski definition) is 4. The minimum absolute atomic E-state index is 0.0392. The number of allylic oxidation sites excluding steroid dienone is 1. The van der Waals surface area contributed by atoms with E-state index in [4.69, 9.17) is 5.11 Å². The third-order valence-corrected chi connectivity index (χ3v) is 1.47. The lowest BCUT2D eigenvalue weighted by Crippen LogP contribution is -2.07. The van der Waals surface area contributed by atoms with Crippen LogP contribution in [0.25, 0.3) is 0 Å². The van der Waals surface area contributed by atoms with Gasteiger partial charge in [-0.25, -0.2) is 4.68 Å². The van der Waals surface area contributed by atoms with Crippen LogP contribution in [0.2, 0.25) is 0 Å². The molecule has 6 heteroatoms. The number of aryl methyl sites for hydroxylation is 1. The van der Waals surface area contributed by atoms with E-state index in [0.717, 1.165) is 0 Å². The summed E-state index contributed by atoms with van der Waals surface area (Å²) < 4.78 is 1.52. The quantitative estimate of drug-likeness (QED) is 0.642. The highest BCUT2D eigenvalue weighted by molar-refractivity contribution is 5.66. The van der Waals surface area contributed by atoms with Crippen molar-refractivity contribution >= 4 is 5.97 Å². The van der Waals surface area contributed by atoms with Gasteiger partial charge in [0.25, 0.3) is 0 Å². The lowest BCUT2D eigenvalue weighted by atomic mass is 10.3. The Kier molecular flexibility index (Phi) is 3.13. The van der Waals surface area contributed by atoms with E-state index in [2.05, 4.69) is 22.1 Å². The highest BCUT2D eigenvalue weighted by Crippen LogP contribution is 1.97. The van der Waals surface area contributed by atoms with E-state index >= 15 is 0 Å². The number of aromatic nitrogens is 4. The van der Waals surface area contributed by atoms with Gasteiger partial charge in [0.15, 0.2) is 5.82 Å². The Labute approximate surface area is 74.9 Å². The topological polar surface area (TPSA) is 80.9 Å². The Balaban J connectivity index is 2.59. The Morgan fingerprint density at radius 3 is 3.08 bits per heavy atom. The van der Waals surface area contributed by atoms with Crippen molar-refractivity contribution in [1.82, 2.24) is 20.2 Å². The van der Waals surface area contributed by atoms with Crippen molar-refractivity contribution in [2.75, 3.05) is 0 Å². The van der Waals surface area contributed by atoms with Crippen LogP contribution in [0.5, 0.6) is 0 Å². The van der Waals surface area contributed by atoms with Crippen LogP contribution in [0.4, 0.5) is 0 Å². The second kappa shape index (κ2) is 4.34. The van der Waals surface area contributed by atoms with Crippen LogP contribution in [-0.4, -0.2) is 31.3 Å². The van der Waals surface area contributed by atoms with Gasteiger partial charge in [-0.05, 0) is 10.4 Å². The van der Waals surface area contributed by atoms with Crippen molar-refractivity contribution in [3.8, 4) is 0 Å². The monoisotopic (exact) mass is 182 g/mol. The summed E-state index contributed by atoms with van der Waals surface area (Å²) in [6.07, 6.45) is 2.04. The third kappa shape index (κ3) is 2.66. The summed E-state index contributed by atoms with van der Waals surface area (Å²) in [6, 6.07) is 0. The molecule has 0 aliphatic carbocycles. The largest absolute Gasteiger partial charge is 0.481 e. The summed E-state index contributed by atoms with van der Waals surface area (Å²) >= 11 is 0. The molecular formula is C7H10N4O2. The molecule has 13 heavy (non-hydrogen) atoms. The van der Waals surface area contributed by atoms with E-state index in [0.29, 0.717) is 18.8 Å². The van der Waals surface area contributed by atoms with Crippen molar-refractivity contribution in [1.29, 1.82) is 0 Å². The van der Waals surface area contributed by atoms with E-state index in [9.17, 15) is 4.79 Å². The first kappa shape index (κ1) is 9.37. The molecule has 1 N–H and O–H groups in total. The molecule has 1 rings (SSSR count). The summed E-state index contributed by atoms with van der Waals surface area (Å²) in [5.74, 6) is -0.282. The molecule has 0 unspecified atom stereocenters. The predicted molar refractivity (Wildman–Crippen MR) is 44.0 cm³/mol. The van der Waals surface area contributed by atoms with E-state index in [1.165, 1.54) is 4.68 Å². The number of rotatable bonds is 5. The van der Waals surface area contributed by atoms with Gasteiger partial charge in [0.1, 0.15) is 0 Å². The predicted octanol–water partition coefficient (Wildman–Crippen LogP) is -0.124. The number of carboxylic acid groups (broad SMARTS) is 1. The number of tetrazole rings is 1. The maximum atomic E-state index is 10.3. The first-order valence-electron chi connectivity index (χ1n) is 3.81. The molecule has 70 valence electrons. The van der Waals surface area contributed by atoms with Gasteiger partial charge in [0.2, 0.25) is 0 Å². The normalized spacial score (nSPS) is 9.85. The zero-order valence-electron chi connectivity index (χ0n) is 7.05. The van der Waals surface area contributed by atoms with Gasteiger partial charge in [-0.15, -0.1) is 11.7 Å². The molecule has 0 atom stereocenters. The Hall–Kier alpha value is -1.72. The number of carboxylic acids is 1. The summed E-state index contributed by atoms with van der Waals surface area (Å²) in [5, 5.41) is 19.2. The minimum atomic E-state index is -0.854. The number of carbonyl (C=O) groups is 1. The van der Waals surface area contributed by atoms with Crippen LogP contribution in [0.3, 0.4) is 0 Å². The molecule has 6 nitrogen and oxygen atoms in total. The number of aliphatic carboxylic acids is 1. The van der Waals surface area contributed by atoms with Crippen LogP contribution in [0.1, 0.15) is 12.2 Å². The smallest absolute Gasteiger partial charge is 0.303 e. The molecule has 0 bridgehead atoms. The fourth-order valence-electron chi connectivity index (χ4n) is 0.885. The zero-order chi connectivity index (χ0) is 9.68. The molecule has 1 aromatic heterocycles. The summed E-state index contributed by atoms with van der Waals surface area (Å²) in [6.45, 7) is 4.04. The molecule has 0 fully saturated rings. The first-order chi connectivity index (χ1) is 6.24. The average molecular weight is 182 g/mol. The van der Waals surface area contributed by atoms with Crippen LogP contribution in [0.15, 0.2) is 12.7 Å². The molecule has 0 aromatic carbocycles. The molecule has 0 saturated heterocycles. The lowest BCUT2D eigenvalue weighted by molar-refractivity contribution is -0.137. The van der Waals surface area contributed by atoms with Gasteiger partial charge in [0, 0.05) is 6.42 Å². The summed E-state index contributed by atoms with van der Waals surface area (Å²) in [5.41, 5.74) is 0. The molecule has 0 aliphatic heterocycles. The Morgan fingerprint density at radius 2 is 2.46 bits per heavy atom. The fourth-order valence-corrected chi connectivity index (χ4v) is 0.885. The SMILES string of the molecule is C=CCn1nnnc1CCC(=O)O. The van der Waals surface area contributed by atoms with Crippen molar-refractivity contribution in [2.45, 2.75) is 19.4 Å². The van der Waals surface area contributed by atoms with Crippen LogP contribution in [-0.2, 0) is 17.8 Å². The average Bonchev–Trinajstić information content (AvgIpc) is 2.49. The second-order valence-corrected chi connectivity index (χ2v) is 2.46. The molecule has 1 heterocycles. The zero-order valence-corrected chi connectivity index (χ0v) is 7.05. The molecule has 0 saturated carbocycles. The standard InChI is InChI=1S/C7H10N4O2/c1-2-5-11-6(8-9-10-11)3-4-7(12)13/h2H,1,3-5H2,(H,12,13). The highest BCUT2D eigenvalue weighted by atomic mass is 16.4. The minimum Gasteiger partial charge on any atom is -0.481 e. The Bertz CT molecular complexity index is 307. The van der Waals surface area contributed by atoms with Gasteiger partial charge >= 0.3 is 5.97 Å². The van der Waals surface area contributed by atoms with Crippen LogP contribution < -0.4 is 0 Å². The Morgan fingerprint density at radius 1 is 1.69 bits per heavy atom. The van der Waals surface area contributed by atoms with Crippen LogP contribution in [0, 0.1) is 0 Å². The molecule has 0 aliphatic rings. The molecule has 1 aromatic rings. The molecular weight excluding hydrogens is 172 g/mol. The molecule has 0 radical (unpaired) electrons. The van der Waals surface area contributed by atoms with Crippen molar-refractivity contribution in [2.24, 2.45) is 0 Å². The number of nitrogens with zero attached hydrogens (tertiary/aromatic N) is 4. The van der Waals surface area contributed by atoms with Gasteiger partial charge in [0.05, 0.1) is 13.0 Å². The van der Waals surface area contributed by atoms with Crippen molar-refractivity contribution in [3.63, 3.8) is 0 Å². The maximum absolute atomic E-state index is 10.3. The molecule has 0 amide bonds. The van der Waals surface area contributed by atoms with Crippen molar-refractivity contribution in [3.05, 3.63) is 18.5 Å². The third-order valence-electron chi connectivity index (χ3n) is 1.47. The van der Waals surface area contributed by atoms with Gasteiger partial charge < -0.3 is 5.11 Å². The first-order valence-corrected chi connectivity index (χ1v) is 3.81.